The first kappa shape index (κ1) is 26.4. The number of hydrogen-bond acceptors (Lipinski definition) is 6. The minimum absolute atomic E-state index is 0.0404. The van der Waals surface area contributed by atoms with Gasteiger partial charge >= 0.3 is 0 Å². The van der Waals surface area contributed by atoms with Gasteiger partial charge in [0.2, 0.25) is 11.8 Å². The number of methoxy groups -OCH3 is 1. The molecule has 208 valence electrons. The van der Waals surface area contributed by atoms with Crippen molar-refractivity contribution >= 4 is 40.1 Å². The molecule has 9 nitrogen and oxygen atoms in total. The summed E-state index contributed by atoms with van der Waals surface area (Å²) in [5.41, 5.74) is 4.10. The minimum atomic E-state index is -0.232. The molecule has 2 aliphatic heterocycles. The van der Waals surface area contributed by atoms with Crippen LogP contribution in [-0.4, -0.2) is 51.6 Å². The SMILES string of the molecule is COc1ccc(N2C(=O)CC[C@H]2c2nc(-c3ccc4onc(C)c4c3)cn2CC2CCN(C(C)=O)CC2)cc1Cl. The van der Waals surface area contributed by atoms with E-state index >= 15 is 0 Å². The monoisotopic (exact) mass is 561 g/mol. The Labute approximate surface area is 237 Å². The van der Waals surface area contributed by atoms with Crippen LogP contribution in [0.25, 0.3) is 22.2 Å². The zero-order valence-corrected chi connectivity index (χ0v) is 23.6. The molecule has 0 spiro atoms. The first-order chi connectivity index (χ1) is 19.3. The van der Waals surface area contributed by atoms with E-state index in [4.69, 9.17) is 25.8 Å². The van der Waals surface area contributed by atoms with Crippen LogP contribution in [0.1, 0.15) is 50.2 Å². The standard InChI is InChI=1S/C30H32ClN5O4/c1-18-23-14-21(4-7-27(23)40-33-18)25-17-35(16-20-10-12-34(13-11-20)19(2)37)30(32-25)26-6-9-29(38)36(26)22-5-8-28(39-3)24(31)15-22/h4-5,7-8,14-15,17,20,26H,6,9-13,16H2,1-3H3/t26-/m0/s1. The van der Waals surface area contributed by atoms with Gasteiger partial charge < -0.3 is 23.6 Å². The summed E-state index contributed by atoms with van der Waals surface area (Å²) < 4.78 is 13.0. The average Bonchev–Trinajstić information content (AvgIpc) is 3.65. The van der Waals surface area contributed by atoms with E-state index in [0.29, 0.717) is 29.5 Å². The summed E-state index contributed by atoms with van der Waals surface area (Å²) in [7, 11) is 1.57. The zero-order valence-electron chi connectivity index (χ0n) is 22.9. The van der Waals surface area contributed by atoms with Gasteiger partial charge in [0.25, 0.3) is 0 Å². The van der Waals surface area contributed by atoms with E-state index in [1.165, 1.54) is 0 Å². The lowest BCUT2D eigenvalue weighted by Crippen LogP contribution is -2.38. The number of anilines is 1. The van der Waals surface area contributed by atoms with Crippen LogP contribution >= 0.6 is 11.6 Å². The number of halogens is 1. The second-order valence-corrected chi connectivity index (χ2v) is 11.1. The zero-order chi connectivity index (χ0) is 28.0. The molecule has 0 unspecified atom stereocenters. The molecule has 2 aromatic heterocycles. The molecular formula is C30H32ClN5O4. The summed E-state index contributed by atoms with van der Waals surface area (Å²) in [6, 6.07) is 11.2. The minimum Gasteiger partial charge on any atom is -0.495 e. The van der Waals surface area contributed by atoms with E-state index in [2.05, 4.69) is 22.0 Å². The van der Waals surface area contributed by atoms with Gasteiger partial charge in [-0.25, -0.2) is 4.98 Å². The van der Waals surface area contributed by atoms with Crippen LogP contribution < -0.4 is 9.64 Å². The van der Waals surface area contributed by atoms with Crippen molar-refractivity contribution < 1.29 is 18.8 Å². The molecule has 0 saturated carbocycles. The smallest absolute Gasteiger partial charge is 0.227 e. The Hall–Kier alpha value is -3.85. The highest BCUT2D eigenvalue weighted by molar-refractivity contribution is 6.32. The lowest BCUT2D eigenvalue weighted by atomic mass is 9.96. The van der Waals surface area contributed by atoms with Gasteiger partial charge in [-0.1, -0.05) is 16.8 Å². The van der Waals surface area contributed by atoms with Crippen LogP contribution in [0.3, 0.4) is 0 Å². The fourth-order valence-corrected chi connectivity index (χ4v) is 6.22. The quantitative estimate of drug-likeness (QED) is 0.296. The van der Waals surface area contributed by atoms with Crippen molar-refractivity contribution in [3.63, 3.8) is 0 Å². The Morgan fingerprint density at radius 3 is 2.67 bits per heavy atom. The predicted molar refractivity (Wildman–Crippen MR) is 152 cm³/mol. The summed E-state index contributed by atoms with van der Waals surface area (Å²) in [6.45, 7) is 5.85. The highest BCUT2D eigenvalue weighted by Gasteiger charge is 2.37. The third-order valence-corrected chi connectivity index (χ3v) is 8.49. The normalized spacial score (nSPS) is 18.2. The van der Waals surface area contributed by atoms with Crippen molar-refractivity contribution in [3.8, 4) is 17.0 Å². The van der Waals surface area contributed by atoms with Crippen LogP contribution in [0.5, 0.6) is 5.75 Å². The summed E-state index contributed by atoms with van der Waals surface area (Å²) in [5.74, 6) is 1.98. The van der Waals surface area contributed by atoms with Gasteiger partial charge in [-0.3, -0.25) is 9.59 Å². The number of ether oxygens (including phenoxy) is 1. The van der Waals surface area contributed by atoms with Crippen LogP contribution in [0.2, 0.25) is 5.02 Å². The van der Waals surface area contributed by atoms with Gasteiger partial charge in [0.1, 0.15) is 11.6 Å². The molecule has 0 N–H and O–H groups in total. The Bertz CT molecular complexity index is 1590. The van der Waals surface area contributed by atoms with Crippen LogP contribution in [0.4, 0.5) is 5.69 Å². The number of nitrogens with zero attached hydrogens (tertiary/aromatic N) is 5. The van der Waals surface area contributed by atoms with Gasteiger partial charge in [0.05, 0.1) is 29.6 Å². The average molecular weight is 562 g/mol. The molecule has 4 aromatic rings. The predicted octanol–water partition coefficient (Wildman–Crippen LogP) is 5.79. The number of rotatable bonds is 6. The number of likely N-dealkylation sites (tertiary alicyclic amines) is 1. The molecule has 0 radical (unpaired) electrons. The summed E-state index contributed by atoms with van der Waals surface area (Å²) >= 11 is 6.45. The number of aromatic nitrogens is 3. The molecule has 2 aromatic carbocycles. The van der Waals surface area contributed by atoms with Gasteiger partial charge in [-0.2, -0.15) is 0 Å². The molecule has 10 heteroatoms. The third kappa shape index (κ3) is 4.83. The first-order valence-electron chi connectivity index (χ1n) is 13.7. The molecule has 2 saturated heterocycles. The van der Waals surface area contributed by atoms with Gasteiger partial charge in [-0.05, 0) is 68.5 Å². The molecule has 6 rings (SSSR count). The number of aryl methyl sites for hydroxylation is 1. The number of imidazole rings is 1. The van der Waals surface area contributed by atoms with Crippen molar-refractivity contribution in [2.24, 2.45) is 5.92 Å². The highest BCUT2D eigenvalue weighted by atomic mass is 35.5. The molecule has 2 aliphatic rings. The molecule has 40 heavy (non-hydrogen) atoms. The maximum Gasteiger partial charge on any atom is 0.227 e. The largest absolute Gasteiger partial charge is 0.495 e. The molecule has 0 aliphatic carbocycles. The van der Waals surface area contributed by atoms with Crippen molar-refractivity contribution in [3.05, 3.63) is 59.1 Å². The van der Waals surface area contributed by atoms with Crippen molar-refractivity contribution in [1.29, 1.82) is 0 Å². The fourth-order valence-electron chi connectivity index (χ4n) is 5.97. The molecular weight excluding hydrogens is 530 g/mol. The lowest BCUT2D eigenvalue weighted by molar-refractivity contribution is -0.130. The number of hydrogen-bond donors (Lipinski definition) is 0. The van der Waals surface area contributed by atoms with Crippen molar-refractivity contribution in [2.45, 2.75) is 52.1 Å². The fraction of sp³-hybridized carbons (Fsp3) is 0.400. The number of amides is 2. The van der Waals surface area contributed by atoms with E-state index in [1.807, 2.05) is 34.9 Å². The first-order valence-corrected chi connectivity index (χ1v) is 14.0. The Balaban J connectivity index is 1.38. The number of piperidine rings is 1. The van der Waals surface area contributed by atoms with E-state index in [-0.39, 0.29) is 17.9 Å². The lowest BCUT2D eigenvalue weighted by Gasteiger charge is -2.32. The van der Waals surface area contributed by atoms with Crippen molar-refractivity contribution in [1.82, 2.24) is 19.6 Å². The molecule has 2 fully saturated rings. The van der Waals surface area contributed by atoms with E-state index in [0.717, 1.165) is 71.9 Å². The highest BCUT2D eigenvalue weighted by Crippen LogP contribution is 2.40. The number of carbonyl (C=O) groups excluding carboxylic acids is 2. The summed E-state index contributed by atoms with van der Waals surface area (Å²) in [6.07, 6.45) is 5.04. The van der Waals surface area contributed by atoms with Gasteiger partial charge in [0, 0.05) is 55.8 Å². The summed E-state index contributed by atoms with van der Waals surface area (Å²) in [4.78, 5) is 34.0. The number of fused-ring (bicyclic) bond motifs is 1. The second kappa shape index (κ2) is 10.6. The van der Waals surface area contributed by atoms with Crippen LogP contribution in [0.15, 0.2) is 47.1 Å². The number of carbonyl (C=O) groups is 2. The van der Waals surface area contributed by atoms with E-state index in [1.54, 1.807) is 26.2 Å². The second-order valence-electron chi connectivity index (χ2n) is 10.7. The Kier molecular flexibility index (Phi) is 7.00. The van der Waals surface area contributed by atoms with E-state index < -0.39 is 0 Å². The molecule has 4 heterocycles. The Morgan fingerprint density at radius 2 is 1.95 bits per heavy atom. The summed E-state index contributed by atoms with van der Waals surface area (Å²) in [5, 5.41) is 5.50. The Morgan fingerprint density at radius 1 is 1.15 bits per heavy atom. The molecule has 1 atom stereocenters. The maximum atomic E-state index is 13.2. The molecule has 0 bridgehead atoms. The molecule has 2 amide bonds. The maximum absolute atomic E-state index is 13.2. The van der Waals surface area contributed by atoms with Gasteiger partial charge in [-0.15, -0.1) is 0 Å². The third-order valence-electron chi connectivity index (χ3n) is 8.19. The van der Waals surface area contributed by atoms with Crippen LogP contribution in [0, 0.1) is 12.8 Å². The van der Waals surface area contributed by atoms with Gasteiger partial charge in [0.15, 0.2) is 5.58 Å². The van der Waals surface area contributed by atoms with E-state index in [9.17, 15) is 9.59 Å². The van der Waals surface area contributed by atoms with Crippen molar-refractivity contribution in [2.75, 3.05) is 25.1 Å². The number of benzene rings is 2. The topological polar surface area (TPSA) is 93.7 Å². The van der Waals surface area contributed by atoms with Crippen LogP contribution in [-0.2, 0) is 16.1 Å².